The van der Waals surface area contributed by atoms with E-state index in [0.29, 0.717) is 22.2 Å². The molecule has 0 amide bonds. The lowest BCUT2D eigenvalue weighted by Gasteiger charge is -2.35. The maximum Gasteiger partial charge on any atom is 0.185 e. The summed E-state index contributed by atoms with van der Waals surface area (Å²) in [4.78, 5) is 1.27. The number of thiocarbonyl (C=S) groups is 2. The van der Waals surface area contributed by atoms with Crippen LogP contribution in [0.3, 0.4) is 0 Å². The third kappa shape index (κ3) is 7.38. The summed E-state index contributed by atoms with van der Waals surface area (Å²) in [5, 5.41) is 7.75. The van der Waals surface area contributed by atoms with Crippen LogP contribution in [0.15, 0.2) is 35.2 Å². The van der Waals surface area contributed by atoms with Crippen LogP contribution >= 0.6 is 36.2 Å². The average Bonchev–Trinajstić information content (AvgIpc) is 2.62. The van der Waals surface area contributed by atoms with Crippen molar-refractivity contribution in [1.29, 1.82) is 0 Å². The standard InChI is InChI=1S/C18H28N4S3/c1-13-7-6-10-16(14(13)2)20-18(24)22-21-17(23)19-11-12-25-15-8-4-3-5-9-15/h3-5,8-9,13-14,16H,6-7,10-12H2,1-2H3,(H2,19,21,23)(H2,20,22,24)/t13-,14-,16-/m1/s1. The molecule has 1 aromatic rings. The lowest BCUT2D eigenvalue weighted by molar-refractivity contribution is 0.224. The molecule has 0 aromatic heterocycles. The van der Waals surface area contributed by atoms with Crippen molar-refractivity contribution in [1.82, 2.24) is 21.5 Å². The van der Waals surface area contributed by atoms with Crippen LogP contribution in [0.1, 0.15) is 33.1 Å². The minimum Gasteiger partial charge on any atom is -0.361 e. The van der Waals surface area contributed by atoms with Crippen LogP contribution in [0, 0.1) is 11.8 Å². The Morgan fingerprint density at radius 3 is 2.56 bits per heavy atom. The van der Waals surface area contributed by atoms with Crippen molar-refractivity contribution in [2.75, 3.05) is 12.3 Å². The molecule has 138 valence electrons. The summed E-state index contributed by atoms with van der Waals surface area (Å²) in [6, 6.07) is 10.8. The average molecular weight is 397 g/mol. The lowest BCUT2D eigenvalue weighted by Crippen LogP contribution is -2.54. The van der Waals surface area contributed by atoms with Gasteiger partial charge in [-0.25, -0.2) is 0 Å². The van der Waals surface area contributed by atoms with Gasteiger partial charge in [-0.2, -0.15) is 0 Å². The van der Waals surface area contributed by atoms with E-state index in [1.54, 1.807) is 11.8 Å². The van der Waals surface area contributed by atoms with Gasteiger partial charge in [0.15, 0.2) is 10.2 Å². The van der Waals surface area contributed by atoms with Gasteiger partial charge in [0.1, 0.15) is 0 Å². The molecule has 7 heteroatoms. The number of benzene rings is 1. The van der Waals surface area contributed by atoms with Gasteiger partial charge in [0.05, 0.1) is 0 Å². The molecule has 0 radical (unpaired) electrons. The van der Waals surface area contributed by atoms with Crippen molar-refractivity contribution in [2.45, 2.75) is 44.0 Å². The molecule has 4 N–H and O–H groups in total. The van der Waals surface area contributed by atoms with Gasteiger partial charge in [-0.05, 0) is 54.8 Å². The summed E-state index contributed by atoms with van der Waals surface area (Å²) in [5.74, 6) is 2.33. The quantitative estimate of drug-likeness (QED) is 0.263. The first-order valence-corrected chi connectivity index (χ1v) is 10.6. The molecule has 1 aliphatic carbocycles. The zero-order valence-corrected chi connectivity index (χ0v) is 17.3. The molecular formula is C18H28N4S3. The van der Waals surface area contributed by atoms with E-state index >= 15 is 0 Å². The predicted octanol–water partition coefficient (Wildman–Crippen LogP) is 3.45. The van der Waals surface area contributed by atoms with Crippen molar-refractivity contribution in [3.63, 3.8) is 0 Å². The van der Waals surface area contributed by atoms with Gasteiger partial charge in [-0.15, -0.1) is 11.8 Å². The van der Waals surface area contributed by atoms with E-state index in [1.807, 2.05) is 18.2 Å². The highest BCUT2D eigenvalue weighted by atomic mass is 32.2. The van der Waals surface area contributed by atoms with Crippen molar-refractivity contribution in [3.8, 4) is 0 Å². The lowest BCUT2D eigenvalue weighted by atomic mass is 9.78. The van der Waals surface area contributed by atoms with Gasteiger partial charge in [-0.3, -0.25) is 10.9 Å². The predicted molar refractivity (Wildman–Crippen MR) is 116 cm³/mol. The zero-order valence-electron chi connectivity index (χ0n) is 14.9. The monoisotopic (exact) mass is 396 g/mol. The maximum atomic E-state index is 5.37. The molecule has 25 heavy (non-hydrogen) atoms. The Balaban J connectivity index is 1.57. The largest absolute Gasteiger partial charge is 0.361 e. The van der Waals surface area contributed by atoms with E-state index in [0.717, 1.165) is 18.2 Å². The molecule has 1 fully saturated rings. The fourth-order valence-corrected chi connectivity index (χ4v) is 4.14. The van der Waals surface area contributed by atoms with Crippen LogP contribution in [0.2, 0.25) is 0 Å². The molecule has 3 atom stereocenters. The first-order valence-electron chi connectivity index (χ1n) is 8.84. The summed E-state index contributed by atoms with van der Waals surface area (Å²) >= 11 is 12.4. The summed E-state index contributed by atoms with van der Waals surface area (Å²) in [7, 11) is 0. The molecule has 2 rings (SSSR count). The molecule has 1 saturated carbocycles. The number of hydrazine groups is 1. The van der Waals surface area contributed by atoms with Crippen LogP contribution < -0.4 is 21.5 Å². The van der Waals surface area contributed by atoms with Gasteiger partial charge in [0, 0.05) is 23.2 Å². The number of hydrogen-bond acceptors (Lipinski definition) is 3. The first kappa shape index (κ1) is 20.3. The van der Waals surface area contributed by atoms with Crippen molar-refractivity contribution in [3.05, 3.63) is 30.3 Å². The Morgan fingerprint density at radius 2 is 1.80 bits per heavy atom. The van der Waals surface area contributed by atoms with Gasteiger partial charge < -0.3 is 10.6 Å². The van der Waals surface area contributed by atoms with E-state index in [2.05, 4.69) is 47.5 Å². The Hall–Kier alpha value is -1.05. The first-order chi connectivity index (χ1) is 12.1. The van der Waals surface area contributed by atoms with E-state index in [-0.39, 0.29) is 0 Å². The topological polar surface area (TPSA) is 48.1 Å². The maximum absolute atomic E-state index is 5.37. The Bertz CT molecular complexity index is 553. The van der Waals surface area contributed by atoms with E-state index in [1.165, 1.54) is 24.2 Å². The Kier molecular flexibility index (Phi) is 8.78. The molecule has 0 aliphatic heterocycles. The summed E-state index contributed by atoms with van der Waals surface area (Å²) < 4.78 is 0. The minimum absolute atomic E-state index is 0.439. The Labute approximate surface area is 166 Å². The number of rotatable bonds is 5. The second-order valence-electron chi connectivity index (χ2n) is 6.51. The fraction of sp³-hybridized carbons (Fsp3) is 0.556. The summed E-state index contributed by atoms with van der Waals surface area (Å²) in [6.45, 7) is 5.41. The molecule has 0 saturated heterocycles. The van der Waals surface area contributed by atoms with Gasteiger partial charge >= 0.3 is 0 Å². The minimum atomic E-state index is 0.439. The van der Waals surface area contributed by atoms with Gasteiger partial charge in [0.25, 0.3) is 0 Å². The van der Waals surface area contributed by atoms with Crippen LogP contribution in [0.25, 0.3) is 0 Å². The second-order valence-corrected chi connectivity index (χ2v) is 8.50. The normalized spacial score (nSPS) is 22.7. The van der Waals surface area contributed by atoms with E-state index < -0.39 is 0 Å². The molecule has 0 unspecified atom stereocenters. The smallest absolute Gasteiger partial charge is 0.185 e. The number of hydrogen-bond donors (Lipinski definition) is 4. The molecule has 0 bridgehead atoms. The molecular weight excluding hydrogens is 368 g/mol. The molecule has 4 nitrogen and oxygen atoms in total. The molecule has 0 heterocycles. The summed E-state index contributed by atoms with van der Waals surface area (Å²) in [5.41, 5.74) is 5.94. The number of thioether (sulfide) groups is 1. The molecule has 1 aliphatic rings. The highest BCUT2D eigenvalue weighted by molar-refractivity contribution is 7.99. The van der Waals surface area contributed by atoms with Crippen LogP contribution in [0.4, 0.5) is 0 Å². The highest BCUT2D eigenvalue weighted by Gasteiger charge is 2.27. The van der Waals surface area contributed by atoms with E-state index in [4.69, 9.17) is 24.4 Å². The second kappa shape index (κ2) is 10.8. The van der Waals surface area contributed by atoms with E-state index in [9.17, 15) is 0 Å². The number of nitrogens with one attached hydrogen (secondary N) is 4. The SMILES string of the molecule is C[C@@H]1[C@H](C)CCC[C@H]1NC(=S)NNC(=S)NCCSc1ccccc1. The third-order valence-corrected chi connectivity index (χ3v) is 6.19. The highest BCUT2D eigenvalue weighted by Crippen LogP contribution is 2.29. The van der Waals surface area contributed by atoms with Crippen LogP contribution in [-0.2, 0) is 0 Å². The summed E-state index contributed by atoms with van der Waals surface area (Å²) in [6.07, 6.45) is 3.75. The molecule has 1 aromatic carbocycles. The molecule has 0 spiro atoms. The van der Waals surface area contributed by atoms with Crippen LogP contribution in [-0.4, -0.2) is 28.6 Å². The fourth-order valence-electron chi connectivity index (χ4n) is 3.00. The Morgan fingerprint density at radius 1 is 1.08 bits per heavy atom. The van der Waals surface area contributed by atoms with Gasteiger partial charge in [-0.1, -0.05) is 44.9 Å². The van der Waals surface area contributed by atoms with Crippen molar-refractivity contribution in [2.24, 2.45) is 11.8 Å². The van der Waals surface area contributed by atoms with Crippen molar-refractivity contribution < 1.29 is 0 Å². The zero-order chi connectivity index (χ0) is 18.1. The van der Waals surface area contributed by atoms with Crippen LogP contribution in [0.5, 0.6) is 0 Å². The van der Waals surface area contributed by atoms with Crippen molar-refractivity contribution >= 4 is 46.4 Å². The van der Waals surface area contributed by atoms with Gasteiger partial charge in [0.2, 0.25) is 0 Å². The third-order valence-electron chi connectivity index (χ3n) is 4.71.